The lowest BCUT2D eigenvalue weighted by Gasteiger charge is -2.24. The monoisotopic (exact) mass is 745 g/mol. The van der Waals surface area contributed by atoms with E-state index in [1.807, 2.05) is 69.3 Å². The molecule has 1 amide bonds. The Labute approximate surface area is 322 Å². The number of Topliss-reactive ketones (excluding diaryl/α,β-unsaturated/α-hetero) is 1. The van der Waals surface area contributed by atoms with Crippen LogP contribution in [0.3, 0.4) is 0 Å². The van der Waals surface area contributed by atoms with Crippen molar-refractivity contribution in [2.75, 3.05) is 6.61 Å². The van der Waals surface area contributed by atoms with E-state index in [0.29, 0.717) is 23.6 Å². The molecule has 2 heterocycles. The Morgan fingerprint density at radius 1 is 0.818 bits per heavy atom. The molecular weight excluding hydrogens is 695 g/mol. The molecule has 55 heavy (non-hydrogen) atoms. The Kier molecular flexibility index (Phi) is 14.0. The van der Waals surface area contributed by atoms with Gasteiger partial charge in [-0.25, -0.2) is 14.8 Å². The molecule has 5 aromatic rings. The predicted molar refractivity (Wildman–Crippen MR) is 211 cm³/mol. The van der Waals surface area contributed by atoms with Crippen LogP contribution in [0.4, 0.5) is 0 Å². The normalized spacial score (nSPS) is 13.1. The van der Waals surface area contributed by atoms with Crippen LogP contribution in [0.2, 0.25) is 0 Å². The molecule has 3 aromatic carbocycles. The van der Waals surface area contributed by atoms with Crippen LogP contribution in [0, 0.1) is 5.92 Å². The number of benzene rings is 3. The SMILES string of the molecule is CCCCCCCOc1ccc(-c2cnc(-c3ccc(C[C@H](CC(=O)c4cnn(C(C)(C)C)c4)C(=O)NC(C(=O)O)C(O)c4ccccc4)cc3)nc2)cc1. The lowest BCUT2D eigenvalue weighted by Crippen LogP contribution is -2.47. The van der Waals surface area contributed by atoms with Crippen molar-refractivity contribution in [2.45, 2.75) is 90.3 Å². The van der Waals surface area contributed by atoms with Crippen molar-refractivity contribution in [3.05, 3.63) is 120 Å². The minimum absolute atomic E-state index is 0.136. The first-order valence-corrected chi connectivity index (χ1v) is 18.9. The third kappa shape index (κ3) is 11.4. The van der Waals surface area contributed by atoms with Crippen molar-refractivity contribution in [3.8, 4) is 28.3 Å². The summed E-state index contributed by atoms with van der Waals surface area (Å²) < 4.78 is 7.58. The first kappa shape index (κ1) is 40.5. The molecular formula is C44H51N5O6. The average molecular weight is 746 g/mol. The highest BCUT2D eigenvalue weighted by molar-refractivity contribution is 5.98. The van der Waals surface area contributed by atoms with Crippen LogP contribution in [-0.4, -0.2) is 60.3 Å². The number of unbranched alkanes of at least 4 members (excludes halogenated alkanes) is 4. The van der Waals surface area contributed by atoms with E-state index in [1.165, 1.54) is 31.9 Å². The fraction of sp³-hybridized carbons (Fsp3) is 0.364. The van der Waals surface area contributed by atoms with E-state index in [4.69, 9.17) is 4.74 Å². The van der Waals surface area contributed by atoms with Crippen molar-refractivity contribution < 1.29 is 29.3 Å². The summed E-state index contributed by atoms with van der Waals surface area (Å²) in [4.78, 5) is 48.8. The van der Waals surface area contributed by atoms with Crippen LogP contribution in [-0.2, 0) is 21.5 Å². The summed E-state index contributed by atoms with van der Waals surface area (Å²) in [5, 5.41) is 27.7. The molecule has 0 bridgehead atoms. The summed E-state index contributed by atoms with van der Waals surface area (Å²) in [6.45, 7) is 8.80. The smallest absolute Gasteiger partial charge is 0.329 e. The maximum atomic E-state index is 13.8. The quantitative estimate of drug-likeness (QED) is 0.0566. The summed E-state index contributed by atoms with van der Waals surface area (Å²) in [6.07, 6.45) is 11.1. The maximum absolute atomic E-state index is 13.8. The molecule has 2 aromatic heterocycles. The second kappa shape index (κ2) is 19.1. The molecule has 288 valence electrons. The Bertz CT molecular complexity index is 1990. The summed E-state index contributed by atoms with van der Waals surface area (Å²) >= 11 is 0. The number of hydrogen-bond acceptors (Lipinski definition) is 8. The summed E-state index contributed by atoms with van der Waals surface area (Å²) in [5.41, 5.74) is 3.70. The van der Waals surface area contributed by atoms with Gasteiger partial charge >= 0.3 is 5.97 Å². The van der Waals surface area contributed by atoms with E-state index in [-0.39, 0.29) is 24.2 Å². The topological polar surface area (TPSA) is 157 Å². The van der Waals surface area contributed by atoms with Crippen molar-refractivity contribution in [3.63, 3.8) is 0 Å². The van der Waals surface area contributed by atoms with E-state index < -0.39 is 29.9 Å². The molecule has 0 aliphatic heterocycles. The highest BCUT2D eigenvalue weighted by Gasteiger charge is 2.33. The minimum Gasteiger partial charge on any atom is -0.494 e. The molecule has 3 atom stereocenters. The molecule has 0 spiro atoms. The van der Waals surface area contributed by atoms with Gasteiger partial charge in [0.05, 0.1) is 23.9 Å². The molecule has 3 N–H and O–H groups in total. The third-order valence-electron chi connectivity index (χ3n) is 9.47. The van der Waals surface area contributed by atoms with E-state index in [2.05, 4.69) is 27.3 Å². The number of carbonyl (C=O) groups excluding carboxylic acids is 2. The first-order valence-electron chi connectivity index (χ1n) is 18.9. The number of nitrogens with zero attached hydrogens (tertiary/aromatic N) is 4. The van der Waals surface area contributed by atoms with Crippen LogP contribution in [0.15, 0.2) is 104 Å². The molecule has 2 unspecified atom stereocenters. The van der Waals surface area contributed by atoms with Gasteiger partial charge in [0.25, 0.3) is 0 Å². The van der Waals surface area contributed by atoms with Gasteiger partial charge < -0.3 is 20.3 Å². The second-order valence-electron chi connectivity index (χ2n) is 14.8. The van der Waals surface area contributed by atoms with E-state index in [9.17, 15) is 24.6 Å². The van der Waals surface area contributed by atoms with Crippen LogP contribution in [0.5, 0.6) is 5.75 Å². The van der Waals surface area contributed by atoms with Crippen molar-refractivity contribution >= 4 is 17.7 Å². The Balaban J connectivity index is 1.27. The summed E-state index contributed by atoms with van der Waals surface area (Å²) in [6, 6.07) is 21.9. The predicted octanol–water partition coefficient (Wildman–Crippen LogP) is 7.85. The van der Waals surface area contributed by atoms with Crippen molar-refractivity contribution in [1.29, 1.82) is 0 Å². The number of carbonyl (C=O) groups is 3. The Morgan fingerprint density at radius 2 is 1.47 bits per heavy atom. The van der Waals surface area contributed by atoms with Crippen LogP contribution >= 0.6 is 0 Å². The van der Waals surface area contributed by atoms with Gasteiger partial charge in [0, 0.05) is 42.1 Å². The molecule has 0 fully saturated rings. The number of nitrogens with one attached hydrogen (secondary N) is 1. The Hall–Kier alpha value is -5.68. The van der Waals surface area contributed by atoms with Crippen molar-refractivity contribution in [2.24, 2.45) is 5.92 Å². The number of aromatic nitrogens is 4. The number of aliphatic hydroxyl groups excluding tert-OH is 1. The standard InChI is InChI=1S/C44H51N5O6/c1-5-6-7-8-12-23-55-37-21-19-31(20-22-37)35-26-45-41(46-27-35)33-17-15-30(16-18-33)24-34(25-38(50)36-28-47-49(29-36)44(2,3)4)42(52)48-39(43(53)54)40(51)32-13-10-9-11-14-32/h9-11,13-22,26-29,34,39-40,51H,5-8,12,23-25H2,1-4H3,(H,48,52)(H,53,54)/t34-,39?,40?/m1/s1. The van der Waals surface area contributed by atoms with Crippen LogP contribution in [0.25, 0.3) is 22.5 Å². The molecule has 0 aliphatic rings. The number of ketones is 1. The number of carboxylic acids is 1. The van der Waals surface area contributed by atoms with Gasteiger partial charge in [-0.3, -0.25) is 14.3 Å². The Morgan fingerprint density at radius 3 is 2.09 bits per heavy atom. The number of ether oxygens (including phenoxy) is 1. The zero-order valence-electron chi connectivity index (χ0n) is 32.0. The zero-order valence-corrected chi connectivity index (χ0v) is 32.0. The number of hydrogen-bond donors (Lipinski definition) is 3. The average Bonchev–Trinajstić information content (AvgIpc) is 3.71. The maximum Gasteiger partial charge on any atom is 0.329 e. The molecule has 0 saturated heterocycles. The largest absolute Gasteiger partial charge is 0.494 e. The van der Waals surface area contributed by atoms with Gasteiger partial charge in [-0.05, 0) is 62.4 Å². The molecule has 0 radical (unpaired) electrons. The van der Waals surface area contributed by atoms with Gasteiger partial charge in [0.15, 0.2) is 17.6 Å². The van der Waals surface area contributed by atoms with Gasteiger partial charge in [0.1, 0.15) is 11.9 Å². The number of aliphatic hydroxyl groups is 1. The number of aliphatic carboxylic acids is 1. The number of carboxylic acid groups (broad SMARTS) is 1. The van der Waals surface area contributed by atoms with Gasteiger partial charge in [-0.15, -0.1) is 0 Å². The third-order valence-corrected chi connectivity index (χ3v) is 9.47. The second-order valence-corrected chi connectivity index (χ2v) is 14.8. The lowest BCUT2D eigenvalue weighted by molar-refractivity contribution is -0.146. The van der Waals surface area contributed by atoms with E-state index >= 15 is 0 Å². The van der Waals surface area contributed by atoms with Crippen LogP contribution in [0.1, 0.15) is 93.8 Å². The summed E-state index contributed by atoms with van der Waals surface area (Å²) in [7, 11) is 0. The van der Waals surface area contributed by atoms with Gasteiger partial charge in [-0.2, -0.15) is 5.10 Å². The molecule has 0 aliphatic carbocycles. The number of amides is 1. The molecule has 5 rings (SSSR count). The number of rotatable bonds is 19. The highest BCUT2D eigenvalue weighted by atomic mass is 16.5. The fourth-order valence-corrected chi connectivity index (χ4v) is 6.16. The van der Waals surface area contributed by atoms with Crippen LogP contribution < -0.4 is 10.1 Å². The molecule has 11 nitrogen and oxygen atoms in total. The lowest BCUT2D eigenvalue weighted by atomic mass is 9.91. The van der Waals surface area contributed by atoms with Crippen molar-refractivity contribution in [1.82, 2.24) is 25.1 Å². The highest BCUT2D eigenvalue weighted by Crippen LogP contribution is 2.26. The van der Waals surface area contributed by atoms with E-state index in [0.717, 1.165) is 34.4 Å². The first-order chi connectivity index (χ1) is 26.4. The van der Waals surface area contributed by atoms with E-state index in [1.54, 1.807) is 53.6 Å². The minimum atomic E-state index is -1.63. The van der Waals surface area contributed by atoms with Gasteiger partial charge in [-0.1, -0.05) is 99.3 Å². The molecule has 11 heteroatoms. The zero-order chi connectivity index (χ0) is 39.4. The van der Waals surface area contributed by atoms with Gasteiger partial charge in [0.2, 0.25) is 5.91 Å². The summed E-state index contributed by atoms with van der Waals surface area (Å²) in [5.74, 6) is -1.95. The molecule has 0 saturated carbocycles. The fourth-order valence-electron chi connectivity index (χ4n) is 6.16.